The van der Waals surface area contributed by atoms with Crippen molar-refractivity contribution < 1.29 is 14.3 Å². The second-order valence-electron chi connectivity index (χ2n) is 2.68. The SMILES string of the molecule is Cc1nc2c(Br)ncc(C(=O)O)c2o1. The van der Waals surface area contributed by atoms with Gasteiger partial charge in [-0.3, -0.25) is 0 Å². The second-order valence-corrected chi connectivity index (χ2v) is 3.43. The summed E-state index contributed by atoms with van der Waals surface area (Å²) in [5, 5.41) is 8.84. The third kappa shape index (κ3) is 1.27. The predicted molar refractivity (Wildman–Crippen MR) is 51.2 cm³/mol. The summed E-state index contributed by atoms with van der Waals surface area (Å²) in [5.41, 5.74) is 0.697. The summed E-state index contributed by atoms with van der Waals surface area (Å²) in [6.07, 6.45) is 1.24. The Bertz CT molecular complexity index is 521. The molecule has 6 heteroatoms. The normalized spacial score (nSPS) is 10.7. The van der Waals surface area contributed by atoms with Crippen LogP contribution in [0.2, 0.25) is 0 Å². The van der Waals surface area contributed by atoms with Crippen LogP contribution in [0.1, 0.15) is 16.2 Å². The second kappa shape index (κ2) is 3.06. The predicted octanol–water partition coefficient (Wildman–Crippen LogP) is 1.99. The maximum atomic E-state index is 10.8. The number of rotatable bonds is 1. The number of aromatic carboxylic acids is 1. The summed E-state index contributed by atoms with van der Waals surface area (Å²) in [4.78, 5) is 18.7. The highest BCUT2D eigenvalue weighted by atomic mass is 79.9. The average molecular weight is 257 g/mol. The fourth-order valence-corrected chi connectivity index (χ4v) is 1.51. The van der Waals surface area contributed by atoms with Crippen LogP contribution in [-0.4, -0.2) is 21.0 Å². The largest absolute Gasteiger partial charge is 0.477 e. The van der Waals surface area contributed by atoms with Crippen LogP contribution in [0, 0.1) is 6.92 Å². The molecule has 5 nitrogen and oxygen atoms in total. The molecule has 2 heterocycles. The van der Waals surface area contributed by atoms with Crippen LogP contribution in [0.4, 0.5) is 0 Å². The summed E-state index contributed by atoms with van der Waals surface area (Å²) < 4.78 is 5.66. The van der Waals surface area contributed by atoms with Gasteiger partial charge in [-0.2, -0.15) is 0 Å². The number of halogens is 1. The molecule has 2 aromatic heterocycles. The Morgan fingerprint density at radius 2 is 2.36 bits per heavy atom. The van der Waals surface area contributed by atoms with Crippen molar-refractivity contribution in [1.82, 2.24) is 9.97 Å². The first kappa shape index (κ1) is 9.14. The van der Waals surface area contributed by atoms with Crippen molar-refractivity contribution in [3.63, 3.8) is 0 Å². The van der Waals surface area contributed by atoms with Gasteiger partial charge in [0.25, 0.3) is 0 Å². The summed E-state index contributed by atoms with van der Waals surface area (Å²) >= 11 is 3.17. The van der Waals surface area contributed by atoms with E-state index in [1.165, 1.54) is 6.20 Å². The molecule has 0 aliphatic carbocycles. The van der Waals surface area contributed by atoms with Crippen molar-refractivity contribution in [1.29, 1.82) is 0 Å². The molecule has 72 valence electrons. The zero-order valence-electron chi connectivity index (χ0n) is 7.11. The molecule has 1 N–H and O–H groups in total. The van der Waals surface area contributed by atoms with Crippen molar-refractivity contribution in [2.45, 2.75) is 6.92 Å². The van der Waals surface area contributed by atoms with E-state index in [-0.39, 0.29) is 11.1 Å². The maximum absolute atomic E-state index is 10.8. The molecular weight excluding hydrogens is 252 g/mol. The minimum Gasteiger partial charge on any atom is -0.477 e. The monoisotopic (exact) mass is 256 g/mol. The first-order valence-electron chi connectivity index (χ1n) is 3.74. The van der Waals surface area contributed by atoms with E-state index in [1.54, 1.807) is 6.92 Å². The lowest BCUT2D eigenvalue weighted by molar-refractivity contribution is 0.0697. The fourth-order valence-electron chi connectivity index (χ4n) is 1.14. The molecule has 0 fully saturated rings. The number of carboxylic acids is 1. The number of carboxylic acid groups (broad SMARTS) is 1. The Kier molecular flexibility index (Phi) is 1.99. The third-order valence-corrected chi connectivity index (χ3v) is 2.29. The van der Waals surface area contributed by atoms with Gasteiger partial charge in [0.15, 0.2) is 11.5 Å². The van der Waals surface area contributed by atoms with E-state index in [4.69, 9.17) is 9.52 Å². The van der Waals surface area contributed by atoms with E-state index in [0.717, 1.165) is 0 Å². The Labute approximate surface area is 86.9 Å². The minimum absolute atomic E-state index is 0.0174. The molecule has 0 atom stereocenters. The van der Waals surface area contributed by atoms with Gasteiger partial charge in [-0.15, -0.1) is 0 Å². The molecule has 0 aliphatic heterocycles. The first-order chi connectivity index (χ1) is 6.59. The number of aromatic nitrogens is 2. The van der Waals surface area contributed by atoms with Gasteiger partial charge in [-0.25, -0.2) is 14.8 Å². The van der Waals surface area contributed by atoms with Crippen molar-refractivity contribution in [3.05, 3.63) is 22.3 Å². The lowest BCUT2D eigenvalue weighted by Crippen LogP contribution is -1.98. The van der Waals surface area contributed by atoms with Crippen LogP contribution in [-0.2, 0) is 0 Å². The van der Waals surface area contributed by atoms with Crippen LogP contribution in [0.5, 0.6) is 0 Å². The summed E-state index contributed by atoms with van der Waals surface area (Å²) in [7, 11) is 0. The highest BCUT2D eigenvalue weighted by molar-refractivity contribution is 9.10. The standard InChI is InChI=1S/C8H5BrN2O3/c1-3-11-5-6(14-3)4(8(12)13)2-10-7(5)9/h2H,1H3,(H,12,13). The number of aryl methyl sites for hydroxylation is 1. The summed E-state index contributed by atoms with van der Waals surface area (Å²) in [6.45, 7) is 1.65. The van der Waals surface area contributed by atoms with Gasteiger partial charge in [-0.05, 0) is 15.9 Å². The number of carbonyl (C=O) groups is 1. The van der Waals surface area contributed by atoms with Crippen molar-refractivity contribution in [2.24, 2.45) is 0 Å². The molecule has 0 bridgehead atoms. The first-order valence-corrected chi connectivity index (χ1v) is 4.54. The van der Waals surface area contributed by atoms with Gasteiger partial charge < -0.3 is 9.52 Å². The summed E-state index contributed by atoms with van der Waals surface area (Å²) in [6, 6.07) is 0. The lowest BCUT2D eigenvalue weighted by atomic mass is 10.2. The Balaban J connectivity index is 2.87. The highest BCUT2D eigenvalue weighted by Crippen LogP contribution is 2.24. The molecule has 0 radical (unpaired) electrons. The third-order valence-electron chi connectivity index (χ3n) is 1.71. The maximum Gasteiger partial charge on any atom is 0.341 e. The summed E-state index contributed by atoms with van der Waals surface area (Å²) in [5.74, 6) is -0.664. The topological polar surface area (TPSA) is 76.2 Å². The molecular formula is C8H5BrN2O3. The van der Waals surface area contributed by atoms with Gasteiger partial charge in [0, 0.05) is 13.1 Å². The molecule has 0 saturated carbocycles. The van der Waals surface area contributed by atoms with E-state index in [9.17, 15) is 4.79 Å². The molecule has 0 spiro atoms. The number of fused-ring (bicyclic) bond motifs is 1. The Morgan fingerprint density at radius 1 is 1.64 bits per heavy atom. The molecule has 14 heavy (non-hydrogen) atoms. The fraction of sp³-hybridized carbons (Fsp3) is 0.125. The molecule has 0 aromatic carbocycles. The zero-order valence-corrected chi connectivity index (χ0v) is 8.70. The smallest absolute Gasteiger partial charge is 0.341 e. The van der Waals surface area contributed by atoms with E-state index < -0.39 is 5.97 Å². The number of nitrogens with zero attached hydrogens (tertiary/aromatic N) is 2. The van der Waals surface area contributed by atoms with E-state index in [2.05, 4.69) is 25.9 Å². The van der Waals surface area contributed by atoms with Crippen LogP contribution in [0.25, 0.3) is 11.1 Å². The molecule has 0 amide bonds. The van der Waals surface area contributed by atoms with Gasteiger partial charge >= 0.3 is 5.97 Å². The number of oxazole rings is 1. The van der Waals surface area contributed by atoms with Crippen molar-refractivity contribution in [2.75, 3.05) is 0 Å². The average Bonchev–Trinajstić information content (AvgIpc) is 2.47. The molecule has 0 saturated heterocycles. The van der Waals surface area contributed by atoms with Crippen LogP contribution >= 0.6 is 15.9 Å². The minimum atomic E-state index is -1.08. The number of hydrogen-bond acceptors (Lipinski definition) is 4. The van der Waals surface area contributed by atoms with Gasteiger partial charge in [-0.1, -0.05) is 0 Å². The highest BCUT2D eigenvalue weighted by Gasteiger charge is 2.16. The lowest BCUT2D eigenvalue weighted by Gasteiger charge is -1.94. The van der Waals surface area contributed by atoms with Crippen molar-refractivity contribution in [3.8, 4) is 0 Å². The molecule has 0 unspecified atom stereocenters. The Morgan fingerprint density at radius 3 is 3.00 bits per heavy atom. The quantitative estimate of drug-likeness (QED) is 0.790. The van der Waals surface area contributed by atoms with Gasteiger partial charge in [0.2, 0.25) is 0 Å². The van der Waals surface area contributed by atoms with Crippen LogP contribution in [0.3, 0.4) is 0 Å². The van der Waals surface area contributed by atoms with Gasteiger partial charge in [0.1, 0.15) is 15.7 Å². The number of pyridine rings is 1. The van der Waals surface area contributed by atoms with Crippen LogP contribution < -0.4 is 0 Å². The Hall–Kier alpha value is -1.43. The van der Waals surface area contributed by atoms with Gasteiger partial charge in [0.05, 0.1) is 0 Å². The zero-order chi connectivity index (χ0) is 10.3. The van der Waals surface area contributed by atoms with Crippen molar-refractivity contribution >= 4 is 33.0 Å². The number of hydrogen-bond donors (Lipinski definition) is 1. The molecule has 0 aliphatic rings. The van der Waals surface area contributed by atoms with E-state index in [0.29, 0.717) is 16.0 Å². The molecule has 2 aromatic rings. The van der Waals surface area contributed by atoms with E-state index in [1.807, 2.05) is 0 Å². The van der Waals surface area contributed by atoms with E-state index >= 15 is 0 Å². The molecule has 2 rings (SSSR count). The van der Waals surface area contributed by atoms with Crippen LogP contribution in [0.15, 0.2) is 15.2 Å².